The summed E-state index contributed by atoms with van der Waals surface area (Å²) in [6.45, 7) is 6.03. The van der Waals surface area contributed by atoms with Crippen LogP contribution >= 0.6 is 0 Å². The number of nitro groups is 1. The number of nitrogens with one attached hydrogen (secondary N) is 1. The fraction of sp³-hybridized carbons (Fsp3) is 0.364. The first-order valence-electron chi connectivity index (χ1n) is 10.3. The number of fused-ring (bicyclic) bond motifs is 1. The zero-order valence-corrected chi connectivity index (χ0v) is 17.0. The highest BCUT2D eigenvalue weighted by Crippen LogP contribution is 2.23. The van der Waals surface area contributed by atoms with Crippen molar-refractivity contribution < 1.29 is 9.72 Å². The van der Waals surface area contributed by atoms with Gasteiger partial charge in [0.05, 0.1) is 22.5 Å². The topological polar surface area (TPSA) is 93.3 Å². The van der Waals surface area contributed by atoms with E-state index in [1.807, 2.05) is 18.2 Å². The van der Waals surface area contributed by atoms with Gasteiger partial charge >= 0.3 is 0 Å². The fourth-order valence-corrected chi connectivity index (χ4v) is 3.99. The largest absolute Gasteiger partial charge is 0.327 e. The molecule has 0 aliphatic carbocycles. The van der Waals surface area contributed by atoms with E-state index in [1.165, 1.54) is 43.5 Å². The number of amides is 1. The second-order valence-electron chi connectivity index (χ2n) is 7.57. The molecule has 0 saturated carbocycles. The quantitative estimate of drug-likeness (QED) is 0.488. The van der Waals surface area contributed by atoms with Gasteiger partial charge in [0.1, 0.15) is 5.82 Å². The molecule has 2 heterocycles. The second kappa shape index (κ2) is 8.62. The molecule has 1 fully saturated rings. The van der Waals surface area contributed by atoms with Gasteiger partial charge in [0.2, 0.25) is 0 Å². The molecule has 8 heteroatoms. The third-order valence-electron chi connectivity index (χ3n) is 5.56. The van der Waals surface area contributed by atoms with Gasteiger partial charge in [-0.2, -0.15) is 0 Å². The average Bonchev–Trinajstić information content (AvgIpc) is 3.10. The predicted octanol–water partition coefficient (Wildman–Crippen LogP) is 4.20. The van der Waals surface area contributed by atoms with E-state index in [2.05, 4.69) is 21.7 Å². The summed E-state index contributed by atoms with van der Waals surface area (Å²) >= 11 is 0. The lowest BCUT2D eigenvalue weighted by atomic mass is 10.1. The Labute approximate surface area is 174 Å². The Hall–Kier alpha value is -3.26. The van der Waals surface area contributed by atoms with Crippen LogP contribution in [0.5, 0.6) is 0 Å². The number of likely N-dealkylation sites (tertiary alicyclic amines) is 1. The average molecular weight is 407 g/mol. The Morgan fingerprint density at radius 3 is 2.53 bits per heavy atom. The van der Waals surface area contributed by atoms with Gasteiger partial charge < -0.3 is 9.88 Å². The van der Waals surface area contributed by atoms with E-state index in [0.717, 1.165) is 43.0 Å². The van der Waals surface area contributed by atoms with Crippen molar-refractivity contribution in [2.45, 2.75) is 39.3 Å². The molecule has 1 saturated heterocycles. The van der Waals surface area contributed by atoms with Crippen LogP contribution in [0.2, 0.25) is 0 Å². The minimum absolute atomic E-state index is 0.0423. The molecule has 0 radical (unpaired) electrons. The molecule has 1 amide bonds. The zero-order valence-electron chi connectivity index (χ0n) is 17.0. The van der Waals surface area contributed by atoms with Gasteiger partial charge in [0, 0.05) is 29.9 Å². The summed E-state index contributed by atoms with van der Waals surface area (Å²) < 4.78 is 2.23. The monoisotopic (exact) mass is 407 g/mol. The van der Waals surface area contributed by atoms with Crippen LogP contribution in [0.4, 0.5) is 11.4 Å². The van der Waals surface area contributed by atoms with Gasteiger partial charge in [0.15, 0.2) is 0 Å². The van der Waals surface area contributed by atoms with Crippen molar-refractivity contribution in [3.63, 3.8) is 0 Å². The number of aryl methyl sites for hydroxylation is 1. The Kier molecular flexibility index (Phi) is 5.76. The summed E-state index contributed by atoms with van der Waals surface area (Å²) in [5.41, 5.74) is 2.88. The van der Waals surface area contributed by atoms with Crippen LogP contribution in [-0.2, 0) is 13.1 Å². The van der Waals surface area contributed by atoms with Gasteiger partial charge in [-0.25, -0.2) is 4.98 Å². The van der Waals surface area contributed by atoms with Crippen LogP contribution in [-0.4, -0.2) is 38.4 Å². The molecule has 0 atom stereocenters. The number of anilines is 1. The predicted molar refractivity (Wildman–Crippen MR) is 116 cm³/mol. The molecule has 156 valence electrons. The highest BCUT2D eigenvalue weighted by molar-refractivity contribution is 6.05. The van der Waals surface area contributed by atoms with Crippen LogP contribution < -0.4 is 5.32 Å². The SMILES string of the molecule is CCn1c(CN2CCCCC2)nc2cc(NC(=O)c3ccc([N+](=O)[O-])cc3)ccc21. The second-order valence-corrected chi connectivity index (χ2v) is 7.57. The van der Waals surface area contributed by atoms with Crippen molar-refractivity contribution in [2.24, 2.45) is 0 Å². The Balaban J connectivity index is 1.53. The van der Waals surface area contributed by atoms with Crippen molar-refractivity contribution in [1.29, 1.82) is 0 Å². The lowest BCUT2D eigenvalue weighted by molar-refractivity contribution is -0.384. The summed E-state index contributed by atoms with van der Waals surface area (Å²) in [7, 11) is 0. The lowest BCUT2D eigenvalue weighted by Gasteiger charge is -2.26. The first-order valence-corrected chi connectivity index (χ1v) is 10.3. The molecule has 0 bridgehead atoms. The maximum absolute atomic E-state index is 12.5. The third kappa shape index (κ3) is 4.18. The van der Waals surface area contributed by atoms with Crippen LogP contribution in [0.1, 0.15) is 42.4 Å². The van der Waals surface area contributed by atoms with E-state index < -0.39 is 4.92 Å². The van der Waals surface area contributed by atoms with Crippen molar-refractivity contribution in [1.82, 2.24) is 14.5 Å². The van der Waals surface area contributed by atoms with Gasteiger partial charge in [-0.1, -0.05) is 6.42 Å². The number of benzene rings is 2. The Bertz CT molecular complexity index is 1070. The molecule has 0 spiro atoms. The minimum atomic E-state index is -0.485. The minimum Gasteiger partial charge on any atom is -0.327 e. The van der Waals surface area contributed by atoms with Gasteiger partial charge in [-0.15, -0.1) is 0 Å². The van der Waals surface area contributed by atoms with Gasteiger partial charge in [0.25, 0.3) is 11.6 Å². The van der Waals surface area contributed by atoms with E-state index in [9.17, 15) is 14.9 Å². The summed E-state index contributed by atoms with van der Waals surface area (Å²) in [4.78, 5) is 30.1. The van der Waals surface area contributed by atoms with Crippen LogP contribution in [0.25, 0.3) is 11.0 Å². The number of carbonyl (C=O) groups is 1. The Morgan fingerprint density at radius 2 is 1.87 bits per heavy atom. The van der Waals surface area contributed by atoms with Crippen LogP contribution in [0.3, 0.4) is 0 Å². The highest BCUT2D eigenvalue weighted by Gasteiger charge is 2.17. The first kappa shape index (κ1) is 20.0. The number of hydrogen-bond donors (Lipinski definition) is 1. The molecule has 8 nitrogen and oxygen atoms in total. The van der Waals surface area contributed by atoms with Crippen LogP contribution in [0.15, 0.2) is 42.5 Å². The number of non-ortho nitro benzene ring substituents is 1. The number of hydrogen-bond acceptors (Lipinski definition) is 5. The molecule has 4 rings (SSSR count). The molecule has 0 unspecified atom stereocenters. The van der Waals surface area contributed by atoms with Crippen molar-refractivity contribution in [3.8, 4) is 0 Å². The Morgan fingerprint density at radius 1 is 1.13 bits per heavy atom. The number of aromatic nitrogens is 2. The van der Waals surface area contributed by atoms with E-state index in [0.29, 0.717) is 11.3 Å². The molecule has 2 aromatic carbocycles. The maximum atomic E-state index is 12.5. The first-order chi connectivity index (χ1) is 14.5. The molecular weight excluding hydrogens is 382 g/mol. The van der Waals surface area contributed by atoms with E-state index in [4.69, 9.17) is 4.98 Å². The summed E-state index contributed by atoms with van der Waals surface area (Å²) in [5.74, 6) is 0.737. The molecule has 1 aliphatic rings. The number of nitro benzene ring substituents is 1. The molecule has 30 heavy (non-hydrogen) atoms. The molecule has 3 aromatic rings. The molecule has 1 aromatic heterocycles. The molecule has 1 N–H and O–H groups in total. The van der Waals surface area contributed by atoms with Gasteiger partial charge in [-0.3, -0.25) is 19.8 Å². The lowest BCUT2D eigenvalue weighted by Crippen LogP contribution is -2.30. The summed E-state index contributed by atoms with van der Waals surface area (Å²) in [6.07, 6.45) is 3.79. The standard InChI is InChI=1S/C22H25N5O3/c1-2-26-20-11-8-17(23-22(28)16-6-9-18(10-7-16)27(29)30)14-19(20)24-21(26)15-25-12-4-3-5-13-25/h6-11,14H,2-5,12-13,15H2,1H3,(H,23,28). The van der Waals surface area contributed by atoms with E-state index >= 15 is 0 Å². The molecule has 1 aliphatic heterocycles. The van der Waals surface area contributed by atoms with Crippen molar-refractivity contribution in [3.05, 3.63) is 64.0 Å². The van der Waals surface area contributed by atoms with Gasteiger partial charge in [-0.05, 0) is 63.2 Å². The van der Waals surface area contributed by atoms with Crippen LogP contribution in [0, 0.1) is 10.1 Å². The normalized spacial score (nSPS) is 14.7. The summed E-state index contributed by atoms with van der Waals surface area (Å²) in [6, 6.07) is 11.3. The smallest absolute Gasteiger partial charge is 0.269 e. The molecular formula is C22H25N5O3. The zero-order chi connectivity index (χ0) is 21.1. The third-order valence-corrected chi connectivity index (χ3v) is 5.56. The number of imidazole rings is 1. The number of piperidine rings is 1. The summed E-state index contributed by atoms with van der Waals surface area (Å²) in [5, 5.41) is 13.6. The maximum Gasteiger partial charge on any atom is 0.269 e. The number of carbonyl (C=O) groups excluding carboxylic acids is 1. The van der Waals surface area contributed by atoms with Crippen molar-refractivity contribution >= 4 is 28.3 Å². The highest BCUT2D eigenvalue weighted by atomic mass is 16.6. The van der Waals surface area contributed by atoms with E-state index in [1.54, 1.807) is 0 Å². The number of nitrogens with zero attached hydrogens (tertiary/aromatic N) is 4. The van der Waals surface area contributed by atoms with Crippen molar-refractivity contribution in [2.75, 3.05) is 18.4 Å². The number of rotatable bonds is 6. The van der Waals surface area contributed by atoms with E-state index in [-0.39, 0.29) is 11.6 Å². The fourth-order valence-electron chi connectivity index (χ4n) is 3.99.